The van der Waals surface area contributed by atoms with Crippen LogP contribution in [0.5, 0.6) is 0 Å². The molecule has 0 unspecified atom stereocenters. The lowest BCUT2D eigenvalue weighted by atomic mass is 10.0. The Labute approximate surface area is 185 Å². The van der Waals surface area contributed by atoms with Crippen LogP contribution in [0.4, 0.5) is 10.2 Å². The zero-order valence-electron chi connectivity index (χ0n) is 18.2. The molecule has 0 atom stereocenters. The molecule has 32 heavy (non-hydrogen) atoms. The quantitative estimate of drug-likeness (QED) is 0.230. The minimum atomic E-state index is -0.794. The molecule has 0 radical (unpaired) electrons. The predicted octanol–water partition coefficient (Wildman–Crippen LogP) is 4.48. The second-order valence-corrected chi connectivity index (χ2v) is 7.59. The highest BCUT2D eigenvalue weighted by molar-refractivity contribution is 6.17. The van der Waals surface area contributed by atoms with Gasteiger partial charge in [-0.1, -0.05) is 26.3 Å². The Kier molecular flexibility index (Phi) is 6.49. The molecule has 0 saturated carbocycles. The molecule has 0 spiro atoms. The zero-order valence-corrected chi connectivity index (χ0v) is 18.2. The molecular formula is C24H25FN6O. The number of carbonyl (C=O) groups is 1. The molecule has 4 aromatic heterocycles. The number of nitrogens with zero attached hydrogens (tertiary/aromatic N) is 4. The molecule has 0 aliphatic carbocycles. The Morgan fingerprint density at radius 3 is 2.62 bits per heavy atom. The van der Waals surface area contributed by atoms with Crippen molar-refractivity contribution in [2.45, 2.75) is 39.5 Å². The van der Waals surface area contributed by atoms with Gasteiger partial charge in [-0.25, -0.2) is 15.0 Å². The molecule has 0 aromatic carbocycles. The highest BCUT2D eigenvalue weighted by atomic mass is 19.1. The summed E-state index contributed by atoms with van der Waals surface area (Å²) in [4.78, 5) is 33.0. The van der Waals surface area contributed by atoms with Crippen molar-refractivity contribution >= 4 is 22.6 Å². The van der Waals surface area contributed by atoms with Crippen LogP contribution in [-0.4, -0.2) is 37.2 Å². The van der Waals surface area contributed by atoms with E-state index < -0.39 is 11.7 Å². The lowest BCUT2D eigenvalue weighted by Gasteiger charge is -2.08. The van der Waals surface area contributed by atoms with Crippen LogP contribution in [0.1, 0.15) is 59.6 Å². The first kappa shape index (κ1) is 21.5. The molecule has 164 valence electrons. The number of unbranched alkanes of at least 4 members (excludes halogenated alkanes) is 1. The van der Waals surface area contributed by atoms with Gasteiger partial charge in [0.2, 0.25) is 5.95 Å². The summed E-state index contributed by atoms with van der Waals surface area (Å²) in [6.45, 7) is 4.86. The maximum absolute atomic E-state index is 14.9. The molecular weight excluding hydrogens is 407 g/mol. The third-order valence-electron chi connectivity index (χ3n) is 5.32. The zero-order chi connectivity index (χ0) is 22.5. The number of nitrogens with one attached hydrogen (secondary N) is 2. The van der Waals surface area contributed by atoms with Gasteiger partial charge in [0.05, 0.1) is 16.5 Å². The number of aromatic nitrogens is 5. The van der Waals surface area contributed by atoms with E-state index in [0.29, 0.717) is 34.5 Å². The summed E-state index contributed by atoms with van der Waals surface area (Å²) in [5.41, 5.74) is 3.22. The van der Waals surface area contributed by atoms with Crippen LogP contribution < -0.4 is 5.32 Å². The van der Waals surface area contributed by atoms with Crippen LogP contribution in [0.3, 0.4) is 0 Å². The van der Waals surface area contributed by atoms with Crippen LogP contribution in [0.25, 0.3) is 11.0 Å². The minimum absolute atomic E-state index is 0.0857. The van der Waals surface area contributed by atoms with Gasteiger partial charge in [-0.15, -0.1) is 0 Å². The Balaban J connectivity index is 1.60. The lowest BCUT2D eigenvalue weighted by Crippen LogP contribution is -2.09. The lowest BCUT2D eigenvalue weighted by molar-refractivity contribution is 0.103. The summed E-state index contributed by atoms with van der Waals surface area (Å²) >= 11 is 0. The fraction of sp³-hybridized carbons (Fsp3) is 0.292. The number of aromatic amines is 1. The van der Waals surface area contributed by atoms with E-state index in [9.17, 15) is 9.18 Å². The SMILES string of the molecule is CCCCNc1ncnc2[nH]cc(C(=O)c3ccc(Cc4ccc(CC)nc4)nc3F)c12. The van der Waals surface area contributed by atoms with E-state index in [1.54, 1.807) is 18.5 Å². The summed E-state index contributed by atoms with van der Waals surface area (Å²) < 4.78 is 14.9. The summed E-state index contributed by atoms with van der Waals surface area (Å²) in [5.74, 6) is -0.700. The Morgan fingerprint density at radius 2 is 1.91 bits per heavy atom. The van der Waals surface area contributed by atoms with Gasteiger partial charge < -0.3 is 10.3 Å². The molecule has 4 aromatic rings. The van der Waals surface area contributed by atoms with Crippen molar-refractivity contribution in [3.63, 3.8) is 0 Å². The van der Waals surface area contributed by atoms with Crippen molar-refractivity contribution in [2.75, 3.05) is 11.9 Å². The second kappa shape index (κ2) is 9.64. The molecule has 0 aliphatic rings. The maximum Gasteiger partial charge on any atom is 0.224 e. The van der Waals surface area contributed by atoms with Crippen LogP contribution in [0.2, 0.25) is 0 Å². The number of hydrogen-bond donors (Lipinski definition) is 2. The molecule has 0 saturated heterocycles. The van der Waals surface area contributed by atoms with E-state index >= 15 is 0 Å². The Hall–Kier alpha value is -3.68. The smallest absolute Gasteiger partial charge is 0.224 e. The molecule has 0 aliphatic heterocycles. The number of halogens is 1. The summed E-state index contributed by atoms with van der Waals surface area (Å²) in [6, 6.07) is 7.08. The van der Waals surface area contributed by atoms with Gasteiger partial charge in [-0.3, -0.25) is 9.78 Å². The maximum atomic E-state index is 14.9. The van der Waals surface area contributed by atoms with Gasteiger partial charge in [0.15, 0.2) is 5.78 Å². The molecule has 4 heterocycles. The Morgan fingerprint density at radius 1 is 1.06 bits per heavy atom. The average molecular weight is 433 g/mol. The third kappa shape index (κ3) is 4.49. The third-order valence-corrected chi connectivity index (χ3v) is 5.32. The van der Waals surface area contributed by atoms with Crippen molar-refractivity contribution in [1.82, 2.24) is 24.9 Å². The van der Waals surface area contributed by atoms with E-state index in [0.717, 1.165) is 37.1 Å². The predicted molar refractivity (Wildman–Crippen MR) is 121 cm³/mol. The van der Waals surface area contributed by atoms with Gasteiger partial charge in [-0.05, 0) is 36.6 Å². The summed E-state index contributed by atoms with van der Waals surface area (Å²) in [6.07, 6.45) is 8.04. The molecule has 7 nitrogen and oxygen atoms in total. The van der Waals surface area contributed by atoms with E-state index in [1.165, 1.54) is 12.4 Å². The van der Waals surface area contributed by atoms with Crippen molar-refractivity contribution in [1.29, 1.82) is 0 Å². The highest BCUT2D eigenvalue weighted by Crippen LogP contribution is 2.26. The van der Waals surface area contributed by atoms with Gasteiger partial charge in [0, 0.05) is 36.7 Å². The fourth-order valence-electron chi connectivity index (χ4n) is 3.52. The molecule has 0 amide bonds. The fourth-order valence-corrected chi connectivity index (χ4v) is 3.52. The summed E-state index contributed by atoms with van der Waals surface area (Å²) in [5, 5.41) is 3.80. The van der Waals surface area contributed by atoms with Crippen molar-refractivity contribution in [3.05, 3.63) is 77.0 Å². The molecule has 0 fully saturated rings. The van der Waals surface area contributed by atoms with Crippen molar-refractivity contribution < 1.29 is 9.18 Å². The normalized spacial score (nSPS) is 11.1. The van der Waals surface area contributed by atoms with E-state index in [1.807, 2.05) is 19.1 Å². The first-order valence-electron chi connectivity index (χ1n) is 10.8. The van der Waals surface area contributed by atoms with Crippen molar-refractivity contribution in [2.24, 2.45) is 0 Å². The van der Waals surface area contributed by atoms with Gasteiger partial charge in [0.25, 0.3) is 0 Å². The van der Waals surface area contributed by atoms with Crippen molar-refractivity contribution in [3.8, 4) is 0 Å². The van der Waals surface area contributed by atoms with Crippen LogP contribution in [0.15, 0.2) is 43.0 Å². The number of fused-ring (bicyclic) bond motifs is 1. The number of aryl methyl sites for hydroxylation is 1. The summed E-state index contributed by atoms with van der Waals surface area (Å²) in [7, 11) is 0. The van der Waals surface area contributed by atoms with E-state index in [-0.39, 0.29) is 5.56 Å². The number of pyridine rings is 2. The number of hydrogen-bond acceptors (Lipinski definition) is 6. The first-order valence-corrected chi connectivity index (χ1v) is 10.8. The second-order valence-electron chi connectivity index (χ2n) is 7.59. The highest BCUT2D eigenvalue weighted by Gasteiger charge is 2.22. The number of H-pyrrole nitrogens is 1. The first-order chi connectivity index (χ1) is 15.6. The standard InChI is InChI=1S/C24H25FN6O/c1-3-5-10-26-23-20-19(13-28-24(20)30-14-29-23)21(32)18-9-8-17(31-22(18)25)11-15-6-7-16(4-2)27-12-15/h6-9,12-14H,3-5,10-11H2,1-2H3,(H2,26,28,29,30). The van der Waals surface area contributed by atoms with E-state index in [4.69, 9.17) is 0 Å². The number of carbonyl (C=O) groups excluding carboxylic acids is 1. The average Bonchev–Trinajstić information content (AvgIpc) is 3.25. The number of ketones is 1. The molecule has 8 heteroatoms. The van der Waals surface area contributed by atoms with Gasteiger partial charge >= 0.3 is 0 Å². The largest absolute Gasteiger partial charge is 0.369 e. The number of anilines is 1. The molecule has 2 N–H and O–H groups in total. The Bertz CT molecular complexity index is 1240. The molecule has 4 rings (SSSR count). The number of rotatable bonds is 9. The van der Waals surface area contributed by atoms with Crippen LogP contribution in [-0.2, 0) is 12.8 Å². The van der Waals surface area contributed by atoms with Crippen LogP contribution >= 0.6 is 0 Å². The van der Waals surface area contributed by atoms with Crippen LogP contribution in [0, 0.1) is 5.95 Å². The van der Waals surface area contributed by atoms with Gasteiger partial charge in [0.1, 0.15) is 17.8 Å². The van der Waals surface area contributed by atoms with E-state index in [2.05, 4.69) is 37.2 Å². The minimum Gasteiger partial charge on any atom is -0.369 e. The molecule has 0 bridgehead atoms. The van der Waals surface area contributed by atoms with Gasteiger partial charge in [-0.2, -0.15) is 4.39 Å². The topological polar surface area (TPSA) is 96.5 Å². The monoisotopic (exact) mass is 432 g/mol.